The summed E-state index contributed by atoms with van der Waals surface area (Å²) in [7, 11) is 0. The first-order valence-corrected chi connectivity index (χ1v) is 33.1. The Labute approximate surface area is 542 Å². The fraction of sp³-hybridized carbons (Fsp3) is 0.0227. The number of nitrogens with zero attached hydrogens (tertiary/aromatic N) is 2. The number of fused-ring (bicyclic) bond motifs is 8. The Kier molecular flexibility index (Phi) is 13.8. The second-order valence-corrected chi connectivity index (χ2v) is 26.0. The molecular weight excluding hydrogens is 1150 g/mol. The van der Waals surface area contributed by atoms with Crippen molar-refractivity contribution in [2.24, 2.45) is 0 Å². The van der Waals surface area contributed by atoms with Crippen molar-refractivity contribution in [2.75, 3.05) is 0 Å². The molecule has 2 nitrogen and oxygen atoms in total. The van der Waals surface area contributed by atoms with E-state index in [-0.39, 0.29) is 0 Å². The van der Waals surface area contributed by atoms with E-state index in [4.69, 9.17) is 9.97 Å². The molecule has 0 saturated heterocycles. The maximum absolute atomic E-state index is 5.06. The van der Waals surface area contributed by atoms with Crippen LogP contribution in [0.2, 0.25) is 0 Å². The topological polar surface area (TPSA) is 25.8 Å². The minimum absolute atomic E-state index is 1.04. The van der Waals surface area contributed by atoms with Crippen molar-refractivity contribution in [3.63, 3.8) is 0 Å². The average Bonchev–Trinajstić information content (AvgIpc) is 0.764. The van der Waals surface area contributed by atoms with Gasteiger partial charge in [0.25, 0.3) is 0 Å². The number of aromatic nitrogens is 2. The van der Waals surface area contributed by atoms with Crippen LogP contribution >= 0.6 is 22.7 Å². The first-order valence-electron chi connectivity index (χ1n) is 31.4. The van der Waals surface area contributed by atoms with Crippen LogP contribution in [0.25, 0.3) is 173 Å². The monoisotopic (exact) mass is 1210 g/mol. The number of aryl methyl sites for hydroxylation is 2. The van der Waals surface area contributed by atoms with Gasteiger partial charge in [0, 0.05) is 11.1 Å². The first kappa shape index (κ1) is 55.0. The molecule has 0 amide bonds. The first-order chi connectivity index (χ1) is 45.5. The summed E-state index contributed by atoms with van der Waals surface area (Å²) in [6.07, 6.45) is 0. The van der Waals surface area contributed by atoms with Crippen molar-refractivity contribution < 1.29 is 0 Å². The quantitative estimate of drug-likeness (QED) is 0.142. The lowest BCUT2D eigenvalue weighted by Gasteiger charge is -2.25. The normalized spacial score (nSPS) is 11.6. The molecule has 0 fully saturated rings. The highest BCUT2D eigenvalue weighted by molar-refractivity contribution is 7.22. The van der Waals surface area contributed by atoms with Crippen molar-refractivity contribution in [3.05, 3.63) is 327 Å². The smallest absolute Gasteiger partial charge is 0.124 e. The molecule has 0 aliphatic carbocycles. The van der Waals surface area contributed by atoms with Crippen molar-refractivity contribution >= 4 is 108 Å². The van der Waals surface area contributed by atoms with Gasteiger partial charge in [-0.05, 0) is 193 Å². The molecule has 0 radical (unpaired) electrons. The summed E-state index contributed by atoms with van der Waals surface area (Å²) < 4.78 is 2.43. The van der Waals surface area contributed by atoms with Gasteiger partial charge < -0.3 is 0 Å². The second-order valence-electron chi connectivity index (χ2n) is 24.0. The fourth-order valence-corrected chi connectivity index (χ4v) is 16.2. The van der Waals surface area contributed by atoms with E-state index in [0.717, 1.165) is 32.2 Å². The molecule has 0 aliphatic heterocycles. The van der Waals surface area contributed by atoms with E-state index in [2.05, 4.69) is 329 Å². The maximum atomic E-state index is 5.06. The van der Waals surface area contributed by atoms with Gasteiger partial charge in [0.05, 0.1) is 20.4 Å². The minimum atomic E-state index is 1.04. The molecule has 0 saturated carbocycles. The maximum Gasteiger partial charge on any atom is 0.124 e. The summed E-state index contributed by atoms with van der Waals surface area (Å²) in [5, 5.41) is 17.2. The third-order valence-corrected chi connectivity index (χ3v) is 20.4. The predicted octanol–water partition coefficient (Wildman–Crippen LogP) is 25.5. The third kappa shape index (κ3) is 9.63. The summed E-state index contributed by atoms with van der Waals surface area (Å²) in [5.41, 5.74) is 21.7. The molecule has 0 atom stereocenters. The molecule has 0 bridgehead atoms. The van der Waals surface area contributed by atoms with Crippen molar-refractivity contribution in [3.8, 4) is 87.9 Å². The fourth-order valence-electron chi connectivity index (χ4n) is 14.1. The summed E-state index contributed by atoms with van der Waals surface area (Å²) in [5.74, 6) is 0. The van der Waals surface area contributed by atoms with Gasteiger partial charge in [0.2, 0.25) is 0 Å². The van der Waals surface area contributed by atoms with Gasteiger partial charge >= 0.3 is 0 Å². The molecule has 4 heteroatoms. The van der Waals surface area contributed by atoms with Crippen LogP contribution in [0.4, 0.5) is 0 Å². The number of rotatable bonds is 8. The van der Waals surface area contributed by atoms with E-state index in [9.17, 15) is 0 Å². The lowest BCUT2D eigenvalue weighted by atomic mass is 9.77. The molecule has 2 aromatic heterocycles. The van der Waals surface area contributed by atoms with Crippen LogP contribution in [-0.4, -0.2) is 9.97 Å². The van der Waals surface area contributed by atoms with E-state index in [0.29, 0.717) is 0 Å². The Morgan fingerprint density at radius 3 is 0.804 bits per heavy atom. The number of thiazole rings is 2. The number of hydrogen-bond donors (Lipinski definition) is 0. The van der Waals surface area contributed by atoms with E-state index < -0.39 is 0 Å². The van der Waals surface area contributed by atoms with E-state index >= 15 is 0 Å². The van der Waals surface area contributed by atoms with Crippen LogP contribution in [0.15, 0.2) is 315 Å². The molecule has 0 aliphatic rings. The molecule has 18 aromatic rings. The van der Waals surface area contributed by atoms with E-state index in [1.54, 1.807) is 22.7 Å². The zero-order valence-corrected chi connectivity index (χ0v) is 52.4. The van der Waals surface area contributed by atoms with Crippen molar-refractivity contribution in [1.82, 2.24) is 9.97 Å². The Hall–Kier alpha value is -11.1. The van der Waals surface area contributed by atoms with Crippen LogP contribution < -0.4 is 0 Å². The molecule has 432 valence electrons. The minimum Gasteiger partial charge on any atom is -0.236 e. The van der Waals surface area contributed by atoms with Gasteiger partial charge in [-0.2, -0.15) is 0 Å². The summed E-state index contributed by atoms with van der Waals surface area (Å²) in [4.78, 5) is 10.1. The molecule has 0 N–H and O–H groups in total. The molecule has 0 unspecified atom stereocenters. The highest BCUT2D eigenvalue weighted by Crippen LogP contribution is 2.54. The predicted molar refractivity (Wildman–Crippen MR) is 397 cm³/mol. The SMILES string of the molecule is Cc1ccc2nc(-c3ccc(-c4c5ccccc5c(-c5ccc(-c6nc7ccc(C)cc7s6)cc5)c5c(-c6ccccc6)c6ccccc6c(-c6ccccc6)c45)cc3)sc2c1.c1ccc(-c2c3ccccc3c(-c3ccccc3)c3cc4ccccc4cc23)cc1. The molecular formula is C88H58N2S2. The summed E-state index contributed by atoms with van der Waals surface area (Å²) in [6.45, 7) is 4.28. The lowest BCUT2D eigenvalue weighted by molar-refractivity contribution is 1.45. The van der Waals surface area contributed by atoms with Gasteiger partial charge in [0.15, 0.2) is 0 Å². The van der Waals surface area contributed by atoms with Crippen LogP contribution in [-0.2, 0) is 0 Å². The van der Waals surface area contributed by atoms with Gasteiger partial charge in [-0.25, -0.2) is 9.97 Å². The highest BCUT2D eigenvalue weighted by atomic mass is 32.1. The standard InChI is InChI=1S/C58H38N2S2.C30H20/c1-35-21-31-47-49(33-35)61-57(59-47)41-27-23-39(24-28-41)53-45-19-11-12-20-46(45)54(40-25-29-42(30-26-40)58-60-48-32-22-36(2)34-50(48)62-58)56-52(38-15-7-4-8-16-38)44-18-10-9-17-43(44)51(55(53)56)37-13-5-3-6-14-37;1-3-11-21(12-4-1)29-25-17-9-10-18-26(25)30(22-13-5-2-6-14-22)28-20-24-16-8-7-15-23(24)19-27(28)29/h3-34H,1-2H3;1-20H. The molecule has 18 rings (SSSR count). The van der Waals surface area contributed by atoms with Gasteiger partial charge in [0.1, 0.15) is 10.0 Å². The van der Waals surface area contributed by atoms with Crippen LogP contribution in [0.5, 0.6) is 0 Å². The van der Waals surface area contributed by atoms with Gasteiger partial charge in [-0.1, -0.05) is 279 Å². The van der Waals surface area contributed by atoms with Gasteiger partial charge in [-0.3, -0.25) is 0 Å². The Bertz CT molecular complexity index is 5490. The van der Waals surface area contributed by atoms with Crippen molar-refractivity contribution in [2.45, 2.75) is 13.8 Å². The van der Waals surface area contributed by atoms with Crippen LogP contribution in [0.3, 0.4) is 0 Å². The Morgan fingerprint density at radius 1 is 0.217 bits per heavy atom. The number of benzene rings is 16. The zero-order valence-electron chi connectivity index (χ0n) is 50.7. The van der Waals surface area contributed by atoms with Gasteiger partial charge in [-0.15, -0.1) is 22.7 Å². The van der Waals surface area contributed by atoms with E-state index in [1.807, 2.05) is 0 Å². The Balaban J connectivity index is 0.000000180. The third-order valence-electron chi connectivity index (χ3n) is 18.3. The number of hydrogen-bond acceptors (Lipinski definition) is 4. The molecule has 2 heterocycles. The lowest BCUT2D eigenvalue weighted by Crippen LogP contribution is -1.97. The molecule has 0 spiro atoms. The largest absolute Gasteiger partial charge is 0.236 e. The Morgan fingerprint density at radius 2 is 0.478 bits per heavy atom. The highest BCUT2D eigenvalue weighted by Gasteiger charge is 2.27. The van der Waals surface area contributed by atoms with Crippen molar-refractivity contribution in [1.29, 1.82) is 0 Å². The van der Waals surface area contributed by atoms with Crippen LogP contribution in [0.1, 0.15) is 11.1 Å². The molecule has 16 aromatic carbocycles. The van der Waals surface area contributed by atoms with Crippen LogP contribution in [0, 0.1) is 13.8 Å². The summed E-state index contributed by atoms with van der Waals surface area (Å²) in [6, 6.07) is 115. The average molecular weight is 1210 g/mol. The second kappa shape index (κ2) is 23.0. The summed E-state index contributed by atoms with van der Waals surface area (Å²) >= 11 is 3.52. The molecule has 92 heavy (non-hydrogen) atoms. The zero-order chi connectivity index (χ0) is 61.2. The van der Waals surface area contributed by atoms with E-state index in [1.165, 1.54) is 152 Å².